The van der Waals surface area contributed by atoms with Crippen LogP contribution in [0.25, 0.3) is 0 Å². The minimum Gasteiger partial charge on any atom is -0.550 e. The van der Waals surface area contributed by atoms with Crippen LogP contribution < -0.4 is 10.2 Å². The molecule has 248 valence electrons. The number of epoxide rings is 2. The SMILES string of the molecule is CCCCCCCCC1OC1CCCCCCCC(=O)[O-].CCCCCCCCC1OC1CCCCCCCC(=O)[O-].[Ca+2]. The third-order valence-electron chi connectivity index (χ3n) is 8.80. The Balaban J connectivity index is 0.000000802. The number of hydrogen-bond donors (Lipinski definition) is 0. The summed E-state index contributed by atoms with van der Waals surface area (Å²) < 4.78 is 11.4. The van der Waals surface area contributed by atoms with Crippen molar-refractivity contribution in [1.29, 1.82) is 0 Å². The van der Waals surface area contributed by atoms with Crippen LogP contribution in [-0.2, 0) is 19.1 Å². The summed E-state index contributed by atoms with van der Waals surface area (Å²) in [5.74, 6) is -1.84. The molecule has 2 aliphatic rings. The van der Waals surface area contributed by atoms with Crippen LogP contribution in [0.5, 0.6) is 0 Å². The molecule has 0 bridgehead atoms. The van der Waals surface area contributed by atoms with Crippen LogP contribution >= 0.6 is 0 Å². The van der Waals surface area contributed by atoms with Crippen molar-refractivity contribution in [2.24, 2.45) is 0 Å². The number of carbonyl (C=O) groups excluding carboxylic acids is 2. The van der Waals surface area contributed by atoms with Gasteiger partial charge in [0.2, 0.25) is 0 Å². The standard InChI is InChI=1S/2C18H34O3.Ca/c2*1-2-3-4-5-7-10-13-16-17(21-16)14-11-8-6-9-12-15-18(19)20;/h2*16-17H,2-15H2,1H3,(H,19,20);/q;;+2/p-2. The summed E-state index contributed by atoms with van der Waals surface area (Å²) in [6.45, 7) is 4.51. The molecule has 2 saturated heterocycles. The summed E-state index contributed by atoms with van der Waals surface area (Å²) in [6, 6.07) is 0. The van der Waals surface area contributed by atoms with Gasteiger partial charge >= 0.3 is 37.7 Å². The van der Waals surface area contributed by atoms with Gasteiger partial charge in [0.05, 0.1) is 24.4 Å². The topological polar surface area (TPSA) is 105 Å². The smallest absolute Gasteiger partial charge is 0.550 e. The van der Waals surface area contributed by atoms with Gasteiger partial charge in [0.25, 0.3) is 0 Å². The Morgan fingerprint density at radius 2 is 0.651 bits per heavy atom. The number of hydrogen-bond acceptors (Lipinski definition) is 6. The van der Waals surface area contributed by atoms with Crippen LogP contribution in [0, 0.1) is 0 Å². The van der Waals surface area contributed by atoms with Gasteiger partial charge in [0, 0.05) is 11.9 Å². The first-order chi connectivity index (χ1) is 20.5. The van der Waals surface area contributed by atoms with Crippen LogP contribution in [0.1, 0.15) is 194 Å². The van der Waals surface area contributed by atoms with E-state index in [1.165, 1.54) is 128 Å². The van der Waals surface area contributed by atoms with E-state index in [0.29, 0.717) is 24.4 Å². The van der Waals surface area contributed by atoms with E-state index in [1.54, 1.807) is 0 Å². The summed E-state index contributed by atoms with van der Waals surface area (Å²) >= 11 is 0. The Bertz CT molecular complexity index is 591. The maximum absolute atomic E-state index is 10.3. The third-order valence-corrected chi connectivity index (χ3v) is 8.80. The molecule has 2 heterocycles. The Hall–Kier alpha value is 0.120. The summed E-state index contributed by atoms with van der Waals surface area (Å²) in [5, 5.41) is 20.5. The molecule has 0 N–H and O–H groups in total. The van der Waals surface area contributed by atoms with E-state index in [4.69, 9.17) is 9.47 Å². The normalized spacial score (nSPS) is 20.1. The maximum atomic E-state index is 10.3. The van der Waals surface area contributed by atoms with Crippen molar-refractivity contribution in [2.75, 3.05) is 0 Å². The quantitative estimate of drug-likeness (QED) is 0.0458. The largest absolute Gasteiger partial charge is 2.00 e. The van der Waals surface area contributed by atoms with Crippen molar-refractivity contribution in [3.8, 4) is 0 Å². The summed E-state index contributed by atoms with van der Waals surface area (Å²) in [6.07, 6.45) is 34.5. The molecule has 2 fully saturated rings. The fraction of sp³-hybridized carbons (Fsp3) is 0.944. The van der Waals surface area contributed by atoms with Crippen LogP contribution in [-0.4, -0.2) is 74.1 Å². The van der Waals surface area contributed by atoms with Crippen molar-refractivity contribution in [1.82, 2.24) is 0 Å². The Labute approximate surface area is 295 Å². The zero-order chi connectivity index (χ0) is 30.7. The molecule has 0 aliphatic carbocycles. The summed E-state index contributed by atoms with van der Waals surface area (Å²) in [5.41, 5.74) is 0. The number of carboxylic acids is 2. The van der Waals surface area contributed by atoms with Gasteiger partial charge in [0.1, 0.15) is 0 Å². The maximum Gasteiger partial charge on any atom is 2.00 e. The molecule has 2 rings (SSSR count). The molecule has 43 heavy (non-hydrogen) atoms. The number of carbonyl (C=O) groups is 2. The van der Waals surface area contributed by atoms with Crippen LogP contribution in [0.2, 0.25) is 0 Å². The predicted molar refractivity (Wildman–Crippen MR) is 174 cm³/mol. The summed E-state index contributed by atoms with van der Waals surface area (Å²) in [4.78, 5) is 20.5. The number of carboxylic acid groups (broad SMARTS) is 2. The average molecular weight is 635 g/mol. The molecule has 4 atom stereocenters. The minimum absolute atomic E-state index is 0. The molecule has 0 amide bonds. The zero-order valence-corrected chi connectivity index (χ0v) is 30.5. The average Bonchev–Trinajstić information content (AvgIpc) is 3.89. The van der Waals surface area contributed by atoms with E-state index in [9.17, 15) is 19.8 Å². The molecule has 0 radical (unpaired) electrons. The number of unbranched alkanes of at least 4 members (excludes halogenated alkanes) is 18. The second kappa shape index (κ2) is 30.8. The van der Waals surface area contributed by atoms with E-state index >= 15 is 0 Å². The van der Waals surface area contributed by atoms with Crippen molar-refractivity contribution in [2.45, 2.75) is 218 Å². The molecule has 0 aromatic rings. The zero-order valence-electron chi connectivity index (χ0n) is 28.3. The van der Waals surface area contributed by atoms with E-state index < -0.39 is 11.9 Å². The van der Waals surface area contributed by atoms with Gasteiger partial charge in [-0.3, -0.25) is 0 Å². The Kier molecular flexibility index (Phi) is 30.8. The fourth-order valence-electron chi connectivity index (χ4n) is 5.92. The first kappa shape index (κ1) is 43.1. The minimum atomic E-state index is -0.918. The first-order valence-corrected chi connectivity index (χ1v) is 18.2. The van der Waals surface area contributed by atoms with Gasteiger partial charge in [0.15, 0.2) is 0 Å². The predicted octanol–water partition coefficient (Wildman–Crippen LogP) is 7.59. The Morgan fingerprint density at radius 3 is 0.907 bits per heavy atom. The number of aliphatic carboxylic acids is 2. The third kappa shape index (κ3) is 29.3. The van der Waals surface area contributed by atoms with E-state index in [1.807, 2.05) is 0 Å². The molecule has 6 nitrogen and oxygen atoms in total. The number of ether oxygens (including phenoxy) is 2. The second-order valence-corrected chi connectivity index (χ2v) is 12.9. The van der Waals surface area contributed by atoms with Crippen molar-refractivity contribution >= 4 is 49.7 Å². The monoisotopic (exact) mass is 634 g/mol. The van der Waals surface area contributed by atoms with Gasteiger partial charge < -0.3 is 29.3 Å². The van der Waals surface area contributed by atoms with Crippen molar-refractivity contribution < 1.29 is 29.3 Å². The molecule has 2 aliphatic heterocycles. The van der Waals surface area contributed by atoms with E-state index in [-0.39, 0.29) is 50.6 Å². The fourth-order valence-corrected chi connectivity index (χ4v) is 5.92. The van der Waals surface area contributed by atoms with Gasteiger partial charge in [-0.1, -0.05) is 142 Å². The van der Waals surface area contributed by atoms with Gasteiger partial charge in [-0.05, 0) is 51.4 Å². The molecule has 0 aromatic heterocycles. The molecule has 0 aromatic carbocycles. The molecule has 7 heteroatoms. The van der Waals surface area contributed by atoms with E-state index in [2.05, 4.69) is 13.8 Å². The molecule has 0 spiro atoms. The first-order valence-electron chi connectivity index (χ1n) is 18.2. The van der Waals surface area contributed by atoms with Crippen LogP contribution in [0.15, 0.2) is 0 Å². The van der Waals surface area contributed by atoms with Crippen molar-refractivity contribution in [3.63, 3.8) is 0 Å². The van der Waals surface area contributed by atoms with Gasteiger partial charge in [-0.2, -0.15) is 0 Å². The summed E-state index contributed by atoms with van der Waals surface area (Å²) in [7, 11) is 0. The van der Waals surface area contributed by atoms with Gasteiger partial charge in [-0.25, -0.2) is 0 Å². The van der Waals surface area contributed by atoms with Crippen LogP contribution in [0.4, 0.5) is 0 Å². The van der Waals surface area contributed by atoms with Crippen molar-refractivity contribution in [3.05, 3.63) is 0 Å². The van der Waals surface area contributed by atoms with Gasteiger partial charge in [-0.15, -0.1) is 0 Å². The molecule has 4 unspecified atom stereocenters. The molecule has 0 saturated carbocycles. The van der Waals surface area contributed by atoms with E-state index in [0.717, 1.165) is 38.5 Å². The molecular weight excluding hydrogens is 568 g/mol. The second-order valence-electron chi connectivity index (χ2n) is 12.9. The Morgan fingerprint density at radius 1 is 0.419 bits per heavy atom. The molecular formula is C36H66CaO6. The van der Waals surface area contributed by atoms with Crippen LogP contribution in [0.3, 0.4) is 0 Å². The number of rotatable bonds is 30.